The molecule has 0 radical (unpaired) electrons. The maximum atomic E-state index is 9.92. The number of methoxy groups -OCH3 is 2. The van der Waals surface area contributed by atoms with Crippen LogP contribution >= 0.6 is 0 Å². The van der Waals surface area contributed by atoms with E-state index < -0.39 is 6.10 Å². The average Bonchev–Trinajstić information content (AvgIpc) is 2.32. The van der Waals surface area contributed by atoms with Gasteiger partial charge in [-0.1, -0.05) is 0 Å². The Bertz CT molecular complexity index is 379. The highest BCUT2D eigenvalue weighted by atomic mass is 16.5. The minimum atomic E-state index is -0.557. The first kappa shape index (κ1) is 13.9. The zero-order valence-corrected chi connectivity index (χ0v) is 11.2. The molecule has 1 rings (SSSR count). The zero-order chi connectivity index (χ0) is 13.0. The maximum absolute atomic E-state index is 9.92. The van der Waals surface area contributed by atoms with Crippen molar-refractivity contribution in [1.29, 1.82) is 0 Å². The van der Waals surface area contributed by atoms with Gasteiger partial charge in [-0.15, -0.1) is 0 Å². The molecule has 0 amide bonds. The average molecular weight is 239 g/mol. The first-order chi connectivity index (χ1) is 8.01. The molecule has 0 spiro atoms. The van der Waals surface area contributed by atoms with Gasteiger partial charge in [-0.25, -0.2) is 0 Å². The fourth-order valence-electron chi connectivity index (χ4n) is 1.80. The molecule has 2 atom stereocenters. The third-order valence-corrected chi connectivity index (χ3v) is 3.07. The van der Waals surface area contributed by atoms with E-state index in [1.165, 1.54) is 0 Å². The molecule has 2 unspecified atom stereocenters. The van der Waals surface area contributed by atoms with Gasteiger partial charge in [-0.05, 0) is 20.8 Å². The molecule has 0 fully saturated rings. The van der Waals surface area contributed by atoms with Crippen molar-refractivity contribution in [3.05, 3.63) is 23.0 Å². The summed E-state index contributed by atoms with van der Waals surface area (Å²) in [6.07, 6.45) is 1.48. The topological polar surface area (TPSA) is 51.6 Å². The second-order valence-electron chi connectivity index (χ2n) is 4.26. The first-order valence-electron chi connectivity index (χ1n) is 5.71. The van der Waals surface area contributed by atoms with E-state index in [0.29, 0.717) is 6.42 Å². The lowest BCUT2D eigenvalue weighted by molar-refractivity contribution is -0.000140. The Kier molecular flexibility index (Phi) is 4.90. The number of ether oxygens (including phenoxy) is 2. The summed E-state index contributed by atoms with van der Waals surface area (Å²) in [6, 6.07) is 0. The second kappa shape index (κ2) is 5.98. The third-order valence-electron chi connectivity index (χ3n) is 3.07. The predicted octanol–water partition coefficient (Wildman–Crippen LogP) is 1.65. The van der Waals surface area contributed by atoms with Crippen LogP contribution in [0.4, 0.5) is 0 Å². The molecular formula is C13H21NO3. The maximum Gasteiger partial charge on any atom is 0.128 e. The fourth-order valence-corrected chi connectivity index (χ4v) is 1.80. The highest BCUT2D eigenvalue weighted by Crippen LogP contribution is 2.25. The lowest BCUT2D eigenvalue weighted by Gasteiger charge is -2.19. The summed E-state index contributed by atoms with van der Waals surface area (Å²) in [6.45, 7) is 5.75. The molecule has 1 heterocycles. The van der Waals surface area contributed by atoms with Crippen LogP contribution in [0.15, 0.2) is 6.20 Å². The standard InChI is InChI=1S/C13H21NO3/c1-8-7-14-11(9(2)13(8)17-5)6-12(15)10(3)16-4/h7,10,12,15H,6H2,1-5H3. The molecular weight excluding hydrogens is 218 g/mol. The summed E-state index contributed by atoms with van der Waals surface area (Å²) >= 11 is 0. The number of aromatic nitrogens is 1. The number of aliphatic hydroxyl groups excluding tert-OH is 1. The van der Waals surface area contributed by atoms with E-state index >= 15 is 0 Å². The van der Waals surface area contributed by atoms with Crippen molar-refractivity contribution in [2.75, 3.05) is 14.2 Å². The van der Waals surface area contributed by atoms with Gasteiger partial charge in [0.05, 0.1) is 19.3 Å². The normalized spacial score (nSPS) is 14.5. The van der Waals surface area contributed by atoms with Gasteiger partial charge in [0.1, 0.15) is 5.75 Å². The molecule has 0 bridgehead atoms. The van der Waals surface area contributed by atoms with Gasteiger partial charge in [0.25, 0.3) is 0 Å². The lowest BCUT2D eigenvalue weighted by Crippen LogP contribution is -2.27. The minimum Gasteiger partial charge on any atom is -0.496 e. The molecule has 17 heavy (non-hydrogen) atoms. The number of nitrogens with zero attached hydrogens (tertiary/aromatic N) is 1. The van der Waals surface area contributed by atoms with Gasteiger partial charge in [-0.2, -0.15) is 0 Å². The van der Waals surface area contributed by atoms with Crippen LogP contribution in [0.25, 0.3) is 0 Å². The Morgan fingerprint density at radius 3 is 2.53 bits per heavy atom. The van der Waals surface area contributed by atoms with E-state index in [4.69, 9.17) is 9.47 Å². The summed E-state index contributed by atoms with van der Waals surface area (Å²) in [5.41, 5.74) is 2.83. The van der Waals surface area contributed by atoms with Gasteiger partial charge in [0, 0.05) is 36.5 Å². The summed E-state index contributed by atoms with van der Waals surface area (Å²) in [7, 11) is 3.23. The molecule has 4 heteroatoms. The minimum absolute atomic E-state index is 0.205. The van der Waals surface area contributed by atoms with E-state index in [1.807, 2.05) is 20.8 Å². The Labute approximate surface area is 103 Å². The van der Waals surface area contributed by atoms with Crippen LogP contribution in [0, 0.1) is 13.8 Å². The Morgan fingerprint density at radius 1 is 1.35 bits per heavy atom. The van der Waals surface area contributed by atoms with Gasteiger partial charge >= 0.3 is 0 Å². The molecule has 0 saturated heterocycles. The Balaban J connectivity index is 2.92. The Hall–Kier alpha value is -1.13. The van der Waals surface area contributed by atoms with Crippen LogP contribution in [0.2, 0.25) is 0 Å². The largest absolute Gasteiger partial charge is 0.496 e. The SMILES string of the molecule is COc1c(C)cnc(CC(O)C(C)OC)c1C. The van der Waals surface area contributed by atoms with Crippen molar-refractivity contribution in [1.82, 2.24) is 4.98 Å². The van der Waals surface area contributed by atoms with Crippen LogP contribution in [0.1, 0.15) is 23.7 Å². The van der Waals surface area contributed by atoms with Crippen LogP contribution in [-0.4, -0.2) is 36.5 Å². The smallest absolute Gasteiger partial charge is 0.128 e. The van der Waals surface area contributed by atoms with Crippen LogP contribution < -0.4 is 4.74 Å². The van der Waals surface area contributed by atoms with Crippen LogP contribution in [0.3, 0.4) is 0 Å². The van der Waals surface area contributed by atoms with Crippen LogP contribution in [0.5, 0.6) is 5.75 Å². The summed E-state index contributed by atoms with van der Waals surface area (Å²) < 4.78 is 10.4. The highest BCUT2D eigenvalue weighted by Gasteiger charge is 2.18. The van der Waals surface area contributed by atoms with Crippen molar-refractivity contribution < 1.29 is 14.6 Å². The summed E-state index contributed by atoms with van der Waals surface area (Å²) in [5, 5.41) is 9.92. The number of pyridine rings is 1. The van der Waals surface area contributed by atoms with E-state index in [2.05, 4.69) is 4.98 Å². The van der Waals surface area contributed by atoms with Crippen molar-refractivity contribution in [2.24, 2.45) is 0 Å². The molecule has 4 nitrogen and oxygen atoms in total. The molecule has 0 aliphatic heterocycles. The van der Waals surface area contributed by atoms with Crippen molar-refractivity contribution in [3.63, 3.8) is 0 Å². The number of aliphatic hydroxyl groups is 1. The molecule has 0 saturated carbocycles. The lowest BCUT2D eigenvalue weighted by atomic mass is 10.0. The number of aryl methyl sites for hydroxylation is 1. The van der Waals surface area contributed by atoms with Gasteiger partial charge in [0.15, 0.2) is 0 Å². The van der Waals surface area contributed by atoms with Crippen LogP contribution in [-0.2, 0) is 11.2 Å². The monoisotopic (exact) mass is 239 g/mol. The molecule has 1 N–H and O–H groups in total. The highest BCUT2D eigenvalue weighted by molar-refractivity contribution is 5.41. The Morgan fingerprint density at radius 2 is 2.00 bits per heavy atom. The predicted molar refractivity (Wildman–Crippen MR) is 66.4 cm³/mol. The van der Waals surface area contributed by atoms with E-state index in [0.717, 1.165) is 22.6 Å². The molecule has 1 aromatic heterocycles. The van der Waals surface area contributed by atoms with Crippen molar-refractivity contribution >= 4 is 0 Å². The quantitative estimate of drug-likeness (QED) is 0.848. The van der Waals surface area contributed by atoms with Crippen molar-refractivity contribution in [3.8, 4) is 5.75 Å². The summed E-state index contributed by atoms with van der Waals surface area (Å²) in [4.78, 5) is 4.35. The van der Waals surface area contributed by atoms with E-state index in [9.17, 15) is 5.11 Å². The summed E-state index contributed by atoms with van der Waals surface area (Å²) in [5.74, 6) is 0.840. The molecule has 0 aliphatic rings. The second-order valence-corrected chi connectivity index (χ2v) is 4.26. The number of rotatable bonds is 5. The molecule has 96 valence electrons. The van der Waals surface area contributed by atoms with Crippen molar-refractivity contribution in [2.45, 2.75) is 39.4 Å². The molecule has 0 aliphatic carbocycles. The molecule has 1 aromatic rings. The fraction of sp³-hybridized carbons (Fsp3) is 0.615. The van der Waals surface area contributed by atoms with Gasteiger partial charge in [0.2, 0.25) is 0 Å². The molecule has 0 aromatic carbocycles. The number of hydrogen-bond acceptors (Lipinski definition) is 4. The third kappa shape index (κ3) is 3.17. The zero-order valence-electron chi connectivity index (χ0n) is 11.2. The first-order valence-corrected chi connectivity index (χ1v) is 5.71. The number of hydrogen-bond donors (Lipinski definition) is 1. The van der Waals surface area contributed by atoms with Gasteiger partial charge in [-0.3, -0.25) is 4.98 Å². The van der Waals surface area contributed by atoms with E-state index in [-0.39, 0.29) is 6.10 Å². The van der Waals surface area contributed by atoms with E-state index in [1.54, 1.807) is 20.4 Å². The van der Waals surface area contributed by atoms with Gasteiger partial charge < -0.3 is 14.6 Å².